The van der Waals surface area contributed by atoms with Crippen molar-refractivity contribution in [1.82, 2.24) is 4.31 Å². The van der Waals surface area contributed by atoms with Gasteiger partial charge in [-0.2, -0.15) is 4.31 Å². The zero-order valence-corrected chi connectivity index (χ0v) is 13.5. The summed E-state index contributed by atoms with van der Waals surface area (Å²) in [7, 11) is -1.74. The van der Waals surface area contributed by atoms with E-state index in [2.05, 4.69) is 15.9 Å². The molecule has 1 heterocycles. The number of halogens is 1. The van der Waals surface area contributed by atoms with E-state index < -0.39 is 10.0 Å². The lowest BCUT2D eigenvalue weighted by atomic mass is 10.1. The van der Waals surface area contributed by atoms with Crippen molar-refractivity contribution in [3.8, 4) is 0 Å². The molecule has 0 N–H and O–H groups in total. The summed E-state index contributed by atoms with van der Waals surface area (Å²) < 4.78 is 32.6. The van der Waals surface area contributed by atoms with E-state index in [1.54, 1.807) is 13.2 Å². The van der Waals surface area contributed by atoms with Crippen LogP contribution in [0.2, 0.25) is 0 Å². The molecule has 19 heavy (non-hydrogen) atoms. The predicted octanol–water partition coefficient (Wildman–Crippen LogP) is 2.56. The average Bonchev–Trinajstić information content (AvgIpc) is 2.38. The molecular formula is C13H18BrNO3S. The number of aryl methyl sites for hydroxylation is 1. The van der Waals surface area contributed by atoms with Crippen LogP contribution in [-0.4, -0.2) is 39.0 Å². The molecule has 0 aliphatic carbocycles. The Balaban J connectivity index is 2.23. The van der Waals surface area contributed by atoms with Crippen molar-refractivity contribution in [1.29, 1.82) is 0 Å². The minimum atomic E-state index is -3.41. The van der Waals surface area contributed by atoms with Gasteiger partial charge in [0, 0.05) is 24.7 Å². The molecule has 0 bridgehead atoms. The lowest BCUT2D eigenvalue weighted by Crippen LogP contribution is -2.40. The molecule has 0 atom stereocenters. The summed E-state index contributed by atoms with van der Waals surface area (Å²) in [5, 5.41) is 0. The van der Waals surface area contributed by atoms with Gasteiger partial charge in [0.05, 0.1) is 11.0 Å². The Morgan fingerprint density at radius 2 is 1.95 bits per heavy atom. The number of piperidine rings is 1. The largest absolute Gasteiger partial charge is 0.381 e. The van der Waals surface area contributed by atoms with E-state index in [1.165, 1.54) is 4.31 Å². The Bertz CT molecular complexity index is 551. The molecular weight excluding hydrogens is 330 g/mol. The molecule has 2 rings (SSSR count). The van der Waals surface area contributed by atoms with Crippen molar-refractivity contribution in [2.75, 3.05) is 20.2 Å². The highest BCUT2D eigenvalue weighted by Crippen LogP contribution is 2.28. The molecule has 1 saturated heterocycles. The highest BCUT2D eigenvalue weighted by molar-refractivity contribution is 9.10. The van der Waals surface area contributed by atoms with Gasteiger partial charge < -0.3 is 4.74 Å². The highest BCUT2D eigenvalue weighted by Gasteiger charge is 2.30. The minimum Gasteiger partial charge on any atom is -0.381 e. The molecule has 0 amide bonds. The monoisotopic (exact) mass is 347 g/mol. The number of methoxy groups -OCH3 is 1. The van der Waals surface area contributed by atoms with Crippen molar-refractivity contribution < 1.29 is 13.2 Å². The second-order valence-electron chi connectivity index (χ2n) is 4.77. The lowest BCUT2D eigenvalue weighted by Gasteiger charge is -2.30. The van der Waals surface area contributed by atoms with Crippen molar-refractivity contribution in [2.45, 2.75) is 30.8 Å². The molecule has 1 aliphatic heterocycles. The first-order valence-corrected chi connectivity index (χ1v) is 8.47. The molecule has 0 saturated carbocycles. The molecule has 1 aliphatic rings. The first kappa shape index (κ1) is 15.0. The fraction of sp³-hybridized carbons (Fsp3) is 0.538. The van der Waals surface area contributed by atoms with Crippen LogP contribution in [0.25, 0.3) is 0 Å². The van der Waals surface area contributed by atoms with Gasteiger partial charge in [-0.15, -0.1) is 0 Å². The van der Waals surface area contributed by atoms with Gasteiger partial charge in [-0.3, -0.25) is 0 Å². The summed E-state index contributed by atoms with van der Waals surface area (Å²) >= 11 is 3.34. The van der Waals surface area contributed by atoms with Gasteiger partial charge in [-0.25, -0.2) is 8.42 Å². The second kappa shape index (κ2) is 5.91. The molecule has 0 aromatic heterocycles. The Morgan fingerprint density at radius 1 is 1.32 bits per heavy atom. The van der Waals surface area contributed by atoms with Crippen LogP contribution in [0.5, 0.6) is 0 Å². The summed E-state index contributed by atoms with van der Waals surface area (Å²) in [4.78, 5) is 0.342. The van der Waals surface area contributed by atoms with Crippen molar-refractivity contribution in [3.63, 3.8) is 0 Å². The Kier molecular flexibility index (Phi) is 4.66. The van der Waals surface area contributed by atoms with Gasteiger partial charge >= 0.3 is 0 Å². The van der Waals surface area contributed by atoms with Gasteiger partial charge in [0.15, 0.2) is 0 Å². The molecule has 0 radical (unpaired) electrons. The maximum Gasteiger partial charge on any atom is 0.244 e. The number of ether oxygens (including phenoxy) is 1. The number of rotatable bonds is 3. The Labute approximate surface area is 122 Å². The number of nitrogens with zero attached hydrogens (tertiary/aromatic N) is 1. The van der Waals surface area contributed by atoms with Crippen LogP contribution in [-0.2, 0) is 14.8 Å². The summed E-state index contributed by atoms with van der Waals surface area (Å²) in [6.07, 6.45) is 1.67. The maximum atomic E-state index is 12.6. The number of sulfonamides is 1. The third-order valence-corrected chi connectivity index (χ3v) is 6.31. The average molecular weight is 348 g/mol. The molecule has 0 spiro atoms. The van der Waals surface area contributed by atoms with Crippen LogP contribution in [0.4, 0.5) is 0 Å². The van der Waals surface area contributed by atoms with Gasteiger partial charge in [0.25, 0.3) is 0 Å². The van der Waals surface area contributed by atoms with Crippen LogP contribution in [0.15, 0.2) is 27.6 Å². The van der Waals surface area contributed by atoms with E-state index in [0.29, 0.717) is 22.5 Å². The van der Waals surface area contributed by atoms with Crippen LogP contribution < -0.4 is 0 Å². The maximum absolute atomic E-state index is 12.6. The fourth-order valence-corrected chi connectivity index (χ4v) is 4.88. The topological polar surface area (TPSA) is 46.6 Å². The van der Waals surface area contributed by atoms with Gasteiger partial charge in [0.2, 0.25) is 10.0 Å². The Morgan fingerprint density at radius 3 is 2.47 bits per heavy atom. The molecule has 1 aromatic rings. The molecule has 1 aromatic carbocycles. The van der Waals surface area contributed by atoms with Crippen LogP contribution in [0.3, 0.4) is 0 Å². The zero-order valence-electron chi connectivity index (χ0n) is 11.1. The number of hydrogen-bond acceptors (Lipinski definition) is 3. The minimum absolute atomic E-state index is 0.174. The Hall–Kier alpha value is -0.430. The SMILES string of the molecule is COC1CCN(S(=O)(=O)c2ccc(C)cc2Br)CC1. The molecule has 106 valence electrons. The third kappa shape index (κ3) is 3.18. The fourth-order valence-electron chi connectivity index (χ4n) is 2.26. The van der Waals surface area contributed by atoms with E-state index >= 15 is 0 Å². The van der Waals surface area contributed by atoms with E-state index in [0.717, 1.165) is 18.4 Å². The van der Waals surface area contributed by atoms with Crippen LogP contribution >= 0.6 is 15.9 Å². The van der Waals surface area contributed by atoms with E-state index in [4.69, 9.17) is 4.74 Å². The third-order valence-electron chi connectivity index (χ3n) is 3.44. The standard InChI is InChI=1S/C13H18BrNO3S/c1-10-3-4-13(12(14)9-10)19(16,17)15-7-5-11(18-2)6-8-15/h3-4,9,11H,5-8H2,1-2H3. The van der Waals surface area contributed by atoms with Crippen LogP contribution in [0, 0.1) is 6.92 Å². The normalized spacial score (nSPS) is 18.7. The first-order valence-electron chi connectivity index (χ1n) is 6.24. The molecule has 0 unspecified atom stereocenters. The lowest BCUT2D eigenvalue weighted by molar-refractivity contribution is 0.0604. The molecule has 4 nitrogen and oxygen atoms in total. The van der Waals surface area contributed by atoms with Gasteiger partial charge in [0.1, 0.15) is 0 Å². The van der Waals surface area contributed by atoms with E-state index in [1.807, 2.05) is 19.1 Å². The first-order chi connectivity index (χ1) is 8.95. The van der Waals surface area contributed by atoms with Crippen molar-refractivity contribution in [2.24, 2.45) is 0 Å². The smallest absolute Gasteiger partial charge is 0.244 e. The summed E-state index contributed by atoms with van der Waals surface area (Å²) in [5.74, 6) is 0. The second-order valence-corrected chi connectivity index (χ2v) is 7.53. The van der Waals surface area contributed by atoms with Crippen molar-refractivity contribution >= 4 is 26.0 Å². The van der Waals surface area contributed by atoms with E-state index in [9.17, 15) is 8.42 Å². The molecule has 6 heteroatoms. The van der Waals surface area contributed by atoms with Gasteiger partial charge in [-0.05, 0) is 53.4 Å². The summed E-state index contributed by atoms with van der Waals surface area (Å²) in [6.45, 7) is 2.97. The predicted molar refractivity (Wildman–Crippen MR) is 77.7 cm³/mol. The quantitative estimate of drug-likeness (QED) is 0.844. The molecule has 1 fully saturated rings. The number of benzene rings is 1. The van der Waals surface area contributed by atoms with Crippen LogP contribution in [0.1, 0.15) is 18.4 Å². The number of hydrogen-bond donors (Lipinski definition) is 0. The zero-order chi connectivity index (χ0) is 14.0. The summed E-state index contributed by atoms with van der Waals surface area (Å²) in [6, 6.07) is 5.31. The summed E-state index contributed by atoms with van der Waals surface area (Å²) in [5.41, 5.74) is 1.03. The van der Waals surface area contributed by atoms with E-state index in [-0.39, 0.29) is 6.10 Å². The van der Waals surface area contributed by atoms with Crippen molar-refractivity contribution in [3.05, 3.63) is 28.2 Å². The highest BCUT2D eigenvalue weighted by atomic mass is 79.9. The van der Waals surface area contributed by atoms with Gasteiger partial charge in [-0.1, -0.05) is 6.07 Å².